The highest BCUT2D eigenvalue weighted by Gasteiger charge is 2.20. The molecule has 24 heavy (non-hydrogen) atoms. The van der Waals surface area contributed by atoms with Gasteiger partial charge in [-0.3, -0.25) is 14.3 Å². The number of carbonyl (C=O) groups excluding carboxylic acids is 1. The molecule has 0 fully saturated rings. The highest BCUT2D eigenvalue weighted by Crippen LogP contribution is 2.24. The largest absolute Gasteiger partial charge is 0.367 e. The summed E-state index contributed by atoms with van der Waals surface area (Å²) < 4.78 is 1.96. The van der Waals surface area contributed by atoms with Crippen molar-refractivity contribution in [1.29, 1.82) is 0 Å². The van der Waals surface area contributed by atoms with Crippen LogP contribution in [0.4, 0.5) is 5.82 Å². The Morgan fingerprint density at radius 1 is 1.29 bits per heavy atom. The Labute approximate surface area is 144 Å². The molecule has 0 saturated carbocycles. The third-order valence-electron chi connectivity index (χ3n) is 3.84. The molecule has 4 rings (SSSR count). The molecule has 3 aromatic rings. The Morgan fingerprint density at radius 3 is 2.92 bits per heavy atom. The average Bonchev–Trinajstić information content (AvgIpc) is 2.98. The zero-order chi connectivity index (χ0) is 15.8. The first kappa shape index (κ1) is 16.1. The lowest BCUT2D eigenvalue weighted by Gasteiger charge is -2.07. The Morgan fingerprint density at radius 2 is 2.12 bits per heavy atom. The zero-order valence-electron chi connectivity index (χ0n) is 13.0. The fourth-order valence-corrected chi connectivity index (χ4v) is 2.80. The molecular formula is C17H16ClN5O. The van der Waals surface area contributed by atoms with Crippen LogP contribution in [0.1, 0.15) is 17.3 Å². The highest BCUT2D eigenvalue weighted by molar-refractivity contribution is 5.95. The van der Waals surface area contributed by atoms with E-state index in [0.717, 1.165) is 23.3 Å². The van der Waals surface area contributed by atoms with Crippen LogP contribution in [0.15, 0.2) is 53.8 Å². The predicted molar refractivity (Wildman–Crippen MR) is 94.2 cm³/mol. The van der Waals surface area contributed by atoms with Gasteiger partial charge in [-0.1, -0.05) is 12.1 Å². The minimum atomic E-state index is -0.338. The molecule has 3 heterocycles. The van der Waals surface area contributed by atoms with Gasteiger partial charge in [-0.05, 0) is 31.2 Å². The second kappa shape index (κ2) is 6.41. The molecule has 1 aliphatic heterocycles. The van der Waals surface area contributed by atoms with Gasteiger partial charge >= 0.3 is 0 Å². The maximum Gasteiger partial charge on any atom is 0.281 e. The van der Waals surface area contributed by atoms with E-state index >= 15 is 0 Å². The summed E-state index contributed by atoms with van der Waals surface area (Å²) in [4.78, 5) is 25.1. The first-order chi connectivity index (χ1) is 11.2. The van der Waals surface area contributed by atoms with Gasteiger partial charge in [-0.2, -0.15) is 4.99 Å². The summed E-state index contributed by atoms with van der Waals surface area (Å²) in [6, 6.07) is 11.5. The van der Waals surface area contributed by atoms with Crippen LogP contribution in [0.2, 0.25) is 0 Å². The number of fused-ring (bicyclic) bond motifs is 3. The summed E-state index contributed by atoms with van der Waals surface area (Å²) in [5.41, 5.74) is 1.69. The summed E-state index contributed by atoms with van der Waals surface area (Å²) in [6.07, 6.45) is 3.14. The van der Waals surface area contributed by atoms with Gasteiger partial charge < -0.3 is 5.32 Å². The van der Waals surface area contributed by atoms with E-state index in [1.54, 1.807) is 18.3 Å². The molecule has 122 valence electrons. The van der Waals surface area contributed by atoms with Crippen LogP contribution in [0.3, 0.4) is 0 Å². The number of benzene rings is 1. The summed E-state index contributed by atoms with van der Waals surface area (Å²) in [6.45, 7) is 2.82. The van der Waals surface area contributed by atoms with Gasteiger partial charge in [-0.15, -0.1) is 12.4 Å². The van der Waals surface area contributed by atoms with Crippen LogP contribution in [-0.4, -0.2) is 26.5 Å². The number of carbonyl (C=O) groups is 1. The van der Waals surface area contributed by atoms with Crippen molar-refractivity contribution in [2.24, 2.45) is 4.99 Å². The summed E-state index contributed by atoms with van der Waals surface area (Å²) in [5, 5.41) is 4.47. The summed E-state index contributed by atoms with van der Waals surface area (Å²) >= 11 is 0. The topological polar surface area (TPSA) is 72.2 Å². The SMILES string of the molecule is C[C@H]1Cn2c(c3ccccc3nc2=NC(=O)c2cccnc2)N1.Cl. The van der Waals surface area contributed by atoms with Crippen LogP contribution in [0, 0.1) is 0 Å². The van der Waals surface area contributed by atoms with Crippen molar-refractivity contribution in [1.82, 2.24) is 14.5 Å². The summed E-state index contributed by atoms with van der Waals surface area (Å²) in [5.74, 6) is 0.621. The number of nitrogens with one attached hydrogen (secondary N) is 1. The van der Waals surface area contributed by atoms with E-state index in [2.05, 4.69) is 27.2 Å². The number of rotatable bonds is 1. The minimum Gasteiger partial charge on any atom is -0.367 e. The lowest BCUT2D eigenvalue weighted by Crippen LogP contribution is -2.25. The van der Waals surface area contributed by atoms with Crippen LogP contribution >= 0.6 is 12.4 Å². The zero-order valence-corrected chi connectivity index (χ0v) is 13.8. The molecule has 2 aromatic heterocycles. The Hall–Kier alpha value is -2.73. The molecule has 7 heteroatoms. The number of pyridine rings is 1. The van der Waals surface area contributed by atoms with E-state index in [1.807, 2.05) is 28.8 Å². The molecule has 0 saturated heterocycles. The quantitative estimate of drug-likeness (QED) is 0.737. The van der Waals surface area contributed by atoms with Gasteiger partial charge in [0.15, 0.2) is 0 Å². The van der Waals surface area contributed by atoms with Crippen molar-refractivity contribution in [3.63, 3.8) is 0 Å². The van der Waals surface area contributed by atoms with Crippen LogP contribution in [0.25, 0.3) is 10.9 Å². The van der Waals surface area contributed by atoms with Gasteiger partial charge in [0.05, 0.1) is 11.1 Å². The van der Waals surface area contributed by atoms with E-state index in [1.165, 1.54) is 6.20 Å². The normalized spacial score (nSPS) is 16.4. The smallest absolute Gasteiger partial charge is 0.281 e. The van der Waals surface area contributed by atoms with E-state index < -0.39 is 0 Å². The number of aromatic nitrogens is 3. The molecule has 0 bridgehead atoms. The standard InChI is InChI=1S/C17H15N5O.ClH/c1-11-10-22-15(19-11)13-6-2-3-7-14(13)20-17(22)21-16(23)12-5-4-8-18-9-12;/h2-9,11,19H,10H2,1H3;1H/t11-;/m0./s1. The molecule has 0 radical (unpaired) electrons. The fourth-order valence-electron chi connectivity index (χ4n) is 2.80. The van der Waals surface area contributed by atoms with Crippen LogP contribution in [0.5, 0.6) is 0 Å². The van der Waals surface area contributed by atoms with E-state index in [-0.39, 0.29) is 24.4 Å². The van der Waals surface area contributed by atoms with Crippen molar-refractivity contribution in [2.45, 2.75) is 19.5 Å². The number of nitrogens with zero attached hydrogens (tertiary/aromatic N) is 4. The number of hydrogen-bond donors (Lipinski definition) is 1. The van der Waals surface area contributed by atoms with Crippen LogP contribution < -0.4 is 10.9 Å². The Balaban J connectivity index is 0.00000169. The third kappa shape index (κ3) is 2.76. The molecule has 0 unspecified atom stereocenters. The van der Waals surface area contributed by atoms with Gasteiger partial charge in [0, 0.05) is 30.4 Å². The van der Waals surface area contributed by atoms with Crippen molar-refractivity contribution in [3.05, 3.63) is 60.0 Å². The number of anilines is 1. The fraction of sp³-hybridized carbons (Fsp3) is 0.176. The number of hydrogen-bond acceptors (Lipinski definition) is 4. The van der Waals surface area contributed by atoms with Gasteiger partial charge in [0.2, 0.25) is 5.62 Å². The maximum absolute atomic E-state index is 12.4. The molecule has 1 amide bonds. The highest BCUT2D eigenvalue weighted by atomic mass is 35.5. The van der Waals surface area contributed by atoms with Gasteiger partial charge in [0.25, 0.3) is 5.91 Å². The van der Waals surface area contributed by atoms with Gasteiger partial charge in [-0.25, -0.2) is 4.98 Å². The monoisotopic (exact) mass is 341 g/mol. The number of halogens is 1. The maximum atomic E-state index is 12.4. The predicted octanol–water partition coefficient (Wildman–Crippen LogP) is 2.41. The van der Waals surface area contributed by atoms with E-state index in [0.29, 0.717) is 11.2 Å². The lowest BCUT2D eigenvalue weighted by molar-refractivity contribution is 0.0996. The molecule has 6 nitrogen and oxygen atoms in total. The van der Waals surface area contributed by atoms with Crippen molar-refractivity contribution < 1.29 is 4.79 Å². The first-order valence-electron chi connectivity index (χ1n) is 7.47. The van der Waals surface area contributed by atoms with E-state index in [9.17, 15) is 4.79 Å². The Bertz CT molecular complexity index is 968. The molecular weight excluding hydrogens is 326 g/mol. The second-order valence-electron chi connectivity index (χ2n) is 5.59. The lowest BCUT2D eigenvalue weighted by atomic mass is 10.2. The van der Waals surface area contributed by atoms with Crippen molar-refractivity contribution in [2.75, 3.05) is 5.32 Å². The van der Waals surface area contributed by atoms with Crippen molar-refractivity contribution >= 4 is 35.0 Å². The molecule has 1 aromatic carbocycles. The summed E-state index contributed by atoms with van der Waals surface area (Å²) in [7, 11) is 0. The third-order valence-corrected chi connectivity index (χ3v) is 3.84. The first-order valence-corrected chi connectivity index (χ1v) is 7.47. The molecule has 1 aliphatic rings. The van der Waals surface area contributed by atoms with Gasteiger partial charge in [0.1, 0.15) is 5.82 Å². The molecule has 0 aliphatic carbocycles. The van der Waals surface area contributed by atoms with Crippen LogP contribution in [-0.2, 0) is 6.54 Å². The average molecular weight is 342 g/mol. The van der Waals surface area contributed by atoms with E-state index in [4.69, 9.17) is 0 Å². The molecule has 1 N–H and O–H groups in total. The Kier molecular flexibility index (Phi) is 4.31. The van der Waals surface area contributed by atoms with Crippen molar-refractivity contribution in [3.8, 4) is 0 Å². The molecule has 1 atom stereocenters. The molecule has 0 spiro atoms. The second-order valence-corrected chi connectivity index (χ2v) is 5.59. The number of para-hydroxylation sites is 1. The minimum absolute atomic E-state index is 0. The number of amides is 1.